The Morgan fingerprint density at radius 3 is 2.65 bits per heavy atom. The zero-order valence-corrected chi connectivity index (χ0v) is 9.59. The van der Waals surface area contributed by atoms with Gasteiger partial charge in [0.1, 0.15) is 19.8 Å². The van der Waals surface area contributed by atoms with Crippen LogP contribution < -0.4 is 0 Å². The third kappa shape index (κ3) is 4.96. The van der Waals surface area contributed by atoms with E-state index in [0.29, 0.717) is 5.57 Å². The van der Waals surface area contributed by atoms with Crippen molar-refractivity contribution >= 4 is 11.9 Å². The Morgan fingerprint density at radius 2 is 2.06 bits per heavy atom. The minimum atomic E-state index is -0.490. The van der Waals surface area contributed by atoms with Gasteiger partial charge in [0.25, 0.3) is 0 Å². The van der Waals surface area contributed by atoms with Crippen LogP contribution in [0.5, 0.6) is 0 Å². The molecule has 0 fully saturated rings. The van der Waals surface area contributed by atoms with E-state index in [1.807, 2.05) is 0 Å². The van der Waals surface area contributed by atoms with E-state index in [1.54, 1.807) is 23.9 Å². The molecule has 1 heterocycles. The Bertz CT molecular complexity index is 398. The average Bonchev–Trinajstić information content (AvgIpc) is 2.76. The van der Waals surface area contributed by atoms with Crippen LogP contribution in [0.25, 0.3) is 0 Å². The highest BCUT2D eigenvalue weighted by Crippen LogP contribution is 1.93. The van der Waals surface area contributed by atoms with Crippen molar-refractivity contribution < 1.29 is 19.1 Å². The second kappa shape index (κ2) is 6.47. The van der Waals surface area contributed by atoms with Gasteiger partial charge in [-0.05, 0) is 6.92 Å². The average molecular weight is 238 g/mol. The van der Waals surface area contributed by atoms with E-state index in [0.717, 1.165) is 0 Å². The number of esters is 2. The maximum atomic E-state index is 11.3. The molecule has 92 valence electrons. The first-order valence-electron chi connectivity index (χ1n) is 5.03. The van der Waals surface area contributed by atoms with Crippen LogP contribution in [0, 0.1) is 0 Å². The molecule has 0 spiro atoms. The Labute approximate surface area is 98.9 Å². The largest absolute Gasteiger partial charge is 0.461 e. The summed E-state index contributed by atoms with van der Waals surface area (Å²) in [6.07, 6.45) is 4.74. The first kappa shape index (κ1) is 13.0. The number of hydrogen-bond donors (Lipinski definition) is 0. The molecule has 1 rings (SSSR count). The van der Waals surface area contributed by atoms with Gasteiger partial charge in [-0.25, -0.2) is 9.78 Å². The smallest absolute Gasteiger partial charge is 0.333 e. The minimum absolute atomic E-state index is 0.0291. The lowest BCUT2D eigenvalue weighted by Gasteiger charge is -2.06. The Kier molecular flexibility index (Phi) is 4.93. The number of imidazole rings is 1. The molecule has 0 amide bonds. The summed E-state index contributed by atoms with van der Waals surface area (Å²) in [4.78, 5) is 26.0. The summed E-state index contributed by atoms with van der Waals surface area (Å²) in [6.45, 7) is 5.13. The molecule has 0 atom stereocenters. The molecule has 0 bridgehead atoms. The molecular formula is C11H14N2O4. The molecule has 6 heteroatoms. The van der Waals surface area contributed by atoms with E-state index in [-0.39, 0.29) is 19.8 Å². The maximum absolute atomic E-state index is 11.3. The van der Waals surface area contributed by atoms with Crippen LogP contribution in [0.15, 0.2) is 30.9 Å². The Morgan fingerprint density at radius 1 is 1.35 bits per heavy atom. The van der Waals surface area contributed by atoms with Crippen molar-refractivity contribution in [1.29, 1.82) is 0 Å². The number of carbonyl (C=O) groups is 2. The first-order chi connectivity index (χ1) is 8.09. The molecule has 6 nitrogen and oxygen atoms in total. The first-order valence-corrected chi connectivity index (χ1v) is 5.03. The SMILES string of the molecule is C=C(C)C(=O)OCCOC(=O)Cn1ccnc1. The third-order valence-corrected chi connectivity index (χ3v) is 1.80. The van der Waals surface area contributed by atoms with Gasteiger partial charge in [0.15, 0.2) is 0 Å². The van der Waals surface area contributed by atoms with Gasteiger partial charge in [0.2, 0.25) is 0 Å². The topological polar surface area (TPSA) is 70.4 Å². The third-order valence-electron chi connectivity index (χ3n) is 1.80. The van der Waals surface area contributed by atoms with E-state index < -0.39 is 11.9 Å². The lowest BCUT2D eigenvalue weighted by Crippen LogP contribution is -2.17. The van der Waals surface area contributed by atoms with Crippen molar-refractivity contribution in [2.75, 3.05) is 13.2 Å². The van der Waals surface area contributed by atoms with Gasteiger partial charge in [-0.2, -0.15) is 0 Å². The zero-order chi connectivity index (χ0) is 12.7. The van der Waals surface area contributed by atoms with Gasteiger partial charge < -0.3 is 14.0 Å². The van der Waals surface area contributed by atoms with E-state index in [4.69, 9.17) is 9.47 Å². The lowest BCUT2D eigenvalue weighted by molar-refractivity contribution is -0.150. The second-order valence-electron chi connectivity index (χ2n) is 3.37. The fourth-order valence-electron chi connectivity index (χ4n) is 0.988. The van der Waals surface area contributed by atoms with E-state index in [9.17, 15) is 9.59 Å². The van der Waals surface area contributed by atoms with Crippen LogP contribution in [0.4, 0.5) is 0 Å². The minimum Gasteiger partial charge on any atom is -0.461 e. The summed E-state index contributed by atoms with van der Waals surface area (Å²) in [6, 6.07) is 0. The van der Waals surface area contributed by atoms with Crippen molar-refractivity contribution in [2.24, 2.45) is 0 Å². The zero-order valence-electron chi connectivity index (χ0n) is 9.59. The number of aromatic nitrogens is 2. The standard InChI is InChI=1S/C11H14N2O4/c1-9(2)11(15)17-6-5-16-10(14)7-13-4-3-12-8-13/h3-4,8H,1,5-7H2,2H3. The number of ether oxygens (including phenoxy) is 2. The van der Waals surface area contributed by atoms with Gasteiger partial charge in [0, 0.05) is 18.0 Å². The fraction of sp³-hybridized carbons (Fsp3) is 0.364. The van der Waals surface area contributed by atoms with Crippen molar-refractivity contribution in [1.82, 2.24) is 9.55 Å². The number of hydrogen-bond acceptors (Lipinski definition) is 5. The molecule has 0 aliphatic rings. The maximum Gasteiger partial charge on any atom is 0.333 e. The molecule has 0 aromatic carbocycles. The summed E-state index contributed by atoms with van der Waals surface area (Å²) in [5, 5.41) is 0. The van der Waals surface area contributed by atoms with Crippen LogP contribution in [-0.4, -0.2) is 34.7 Å². The van der Waals surface area contributed by atoms with E-state index in [2.05, 4.69) is 11.6 Å². The molecule has 0 unspecified atom stereocenters. The number of rotatable bonds is 6. The molecule has 1 aromatic heterocycles. The summed E-state index contributed by atoms with van der Waals surface area (Å²) < 4.78 is 11.2. The van der Waals surface area contributed by atoms with E-state index in [1.165, 1.54) is 6.33 Å². The molecule has 0 aliphatic heterocycles. The highest BCUT2D eigenvalue weighted by atomic mass is 16.6. The highest BCUT2D eigenvalue weighted by molar-refractivity contribution is 5.86. The van der Waals surface area contributed by atoms with Crippen LogP contribution in [0.1, 0.15) is 6.92 Å². The molecule has 0 radical (unpaired) electrons. The van der Waals surface area contributed by atoms with Gasteiger partial charge in [-0.1, -0.05) is 6.58 Å². The van der Waals surface area contributed by atoms with Gasteiger partial charge in [0.05, 0.1) is 6.33 Å². The van der Waals surface area contributed by atoms with Gasteiger partial charge >= 0.3 is 11.9 Å². The molecule has 0 aliphatic carbocycles. The summed E-state index contributed by atoms with van der Waals surface area (Å²) >= 11 is 0. The summed E-state index contributed by atoms with van der Waals surface area (Å²) in [7, 11) is 0. The molecule has 0 saturated heterocycles. The van der Waals surface area contributed by atoms with Gasteiger partial charge in [-0.15, -0.1) is 0 Å². The monoisotopic (exact) mass is 238 g/mol. The normalized spacial score (nSPS) is 9.71. The summed E-state index contributed by atoms with van der Waals surface area (Å²) in [5.74, 6) is -0.898. The molecule has 17 heavy (non-hydrogen) atoms. The molecule has 0 N–H and O–H groups in total. The van der Waals surface area contributed by atoms with Gasteiger partial charge in [-0.3, -0.25) is 4.79 Å². The lowest BCUT2D eigenvalue weighted by atomic mass is 10.4. The number of carbonyl (C=O) groups excluding carboxylic acids is 2. The van der Waals surface area contributed by atoms with E-state index >= 15 is 0 Å². The van der Waals surface area contributed by atoms with Crippen molar-refractivity contribution in [3.63, 3.8) is 0 Å². The second-order valence-corrected chi connectivity index (χ2v) is 3.37. The van der Waals surface area contributed by atoms with Crippen LogP contribution in [0.2, 0.25) is 0 Å². The Hall–Kier alpha value is -2.11. The quantitative estimate of drug-likeness (QED) is 0.411. The predicted octanol–water partition coefficient (Wildman–Crippen LogP) is 0.546. The molecule has 0 saturated carbocycles. The predicted molar refractivity (Wildman–Crippen MR) is 59.0 cm³/mol. The molecule has 1 aromatic rings. The van der Waals surface area contributed by atoms with Crippen LogP contribution >= 0.6 is 0 Å². The highest BCUT2D eigenvalue weighted by Gasteiger charge is 2.05. The summed E-state index contributed by atoms with van der Waals surface area (Å²) in [5.41, 5.74) is 0.315. The van der Waals surface area contributed by atoms with Crippen molar-refractivity contribution in [3.05, 3.63) is 30.9 Å². The fourth-order valence-corrected chi connectivity index (χ4v) is 0.988. The molecular weight excluding hydrogens is 224 g/mol. The Balaban J connectivity index is 2.12. The number of nitrogens with zero attached hydrogens (tertiary/aromatic N) is 2. The van der Waals surface area contributed by atoms with Crippen LogP contribution in [-0.2, 0) is 25.6 Å². The van der Waals surface area contributed by atoms with Crippen molar-refractivity contribution in [2.45, 2.75) is 13.5 Å². The van der Waals surface area contributed by atoms with Crippen molar-refractivity contribution in [3.8, 4) is 0 Å². The van der Waals surface area contributed by atoms with Crippen LogP contribution in [0.3, 0.4) is 0 Å².